The lowest BCUT2D eigenvalue weighted by Gasteiger charge is -2.13. The van der Waals surface area contributed by atoms with Crippen LogP contribution >= 0.6 is 0 Å². The Morgan fingerprint density at radius 2 is 1.70 bits per heavy atom. The number of carboxylic acid groups (broad SMARTS) is 1. The normalized spacial score (nSPS) is 11.9. The Kier molecular flexibility index (Phi) is 3.42. The highest BCUT2D eigenvalue weighted by molar-refractivity contribution is 7.85. The van der Waals surface area contributed by atoms with E-state index in [-0.39, 0.29) is 22.8 Å². The molecule has 2 aromatic carbocycles. The van der Waals surface area contributed by atoms with E-state index in [1.807, 2.05) is 0 Å². The molecule has 3 aromatic rings. The highest BCUT2D eigenvalue weighted by Gasteiger charge is 2.16. The van der Waals surface area contributed by atoms with Gasteiger partial charge in [-0.2, -0.15) is 8.42 Å². The summed E-state index contributed by atoms with van der Waals surface area (Å²) in [5.41, 5.74) is 0.290. The van der Waals surface area contributed by atoms with Crippen molar-refractivity contribution in [2.24, 2.45) is 0 Å². The first kappa shape index (κ1) is 15.2. The van der Waals surface area contributed by atoms with Crippen LogP contribution in [0.1, 0.15) is 0 Å². The minimum atomic E-state index is -4.46. The van der Waals surface area contributed by atoms with Gasteiger partial charge < -0.3 is 9.67 Å². The van der Waals surface area contributed by atoms with Crippen LogP contribution in [0.15, 0.2) is 52.2 Å². The number of aliphatic carboxylic acids is 1. The molecule has 1 heterocycles. The molecular weight excluding hydrogens is 322 g/mol. The molecule has 0 saturated heterocycles. The number of para-hydroxylation sites is 1. The van der Waals surface area contributed by atoms with Gasteiger partial charge in [-0.1, -0.05) is 12.1 Å². The van der Waals surface area contributed by atoms with E-state index in [0.29, 0.717) is 5.52 Å². The van der Waals surface area contributed by atoms with E-state index in [0.717, 1.165) is 12.1 Å². The van der Waals surface area contributed by atoms with Crippen molar-refractivity contribution in [2.45, 2.75) is 11.4 Å². The number of hydrogen-bond donors (Lipinski definition) is 2. The molecule has 23 heavy (non-hydrogen) atoms. The summed E-state index contributed by atoms with van der Waals surface area (Å²) in [5, 5.41) is 9.40. The van der Waals surface area contributed by atoms with Crippen molar-refractivity contribution in [3.8, 4) is 0 Å². The van der Waals surface area contributed by atoms with E-state index in [1.54, 1.807) is 18.2 Å². The summed E-state index contributed by atoms with van der Waals surface area (Å²) in [4.78, 5) is 23.3. The molecule has 0 saturated carbocycles. The zero-order chi connectivity index (χ0) is 16.8. The second-order valence-electron chi connectivity index (χ2n) is 4.98. The van der Waals surface area contributed by atoms with Crippen molar-refractivity contribution in [2.75, 3.05) is 0 Å². The van der Waals surface area contributed by atoms with Crippen LogP contribution in [0.5, 0.6) is 0 Å². The van der Waals surface area contributed by atoms with Crippen LogP contribution in [0.4, 0.5) is 0 Å². The summed E-state index contributed by atoms with van der Waals surface area (Å²) in [5.74, 6) is -1.10. The first-order valence-electron chi connectivity index (χ1n) is 6.53. The van der Waals surface area contributed by atoms with E-state index in [1.165, 1.54) is 16.7 Å². The molecule has 8 heteroatoms. The Hall–Kier alpha value is -2.71. The number of carboxylic acids is 1. The minimum Gasteiger partial charge on any atom is -0.480 e. The number of pyridine rings is 1. The molecule has 0 aliphatic carbocycles. The molecule has 7 nitrogen and oxygen atoms in total. The molecule has 1 aromatic heterocycles. The third-order valence-electron chi connectivity index (χ3n) is 3.53. The maximum absolute atomic E-state index is 12.6. The maximum atomic E-state index is 12.6. The number of hydrogen-bond acceptors (Lipinski definition) is 4. The first-order chi connectivity index (χ1) is 10.8. The first-order valence-corrected chi connectivity index (χ1v) is 7.97. The van der Waals surface area contributed by atoms with Crippen LogP contribution in [0.25, 0.3) is 21.8 Å². The summed E-state index contributed by atoms with van der Waals surface area (Å²) in [7, 11) is -4.46. The number of aromatic nitrogens is 1. The van der Waals surface area contributed by atoms with Gasteiger partial charge in [-0.15, -0.1) is 0 Å². The predicted octanol–water partition coefficient (Wildman–Crippen LogP) is 1.49. The number of benzene rings is 2. The zero-order valence-electron chi connectivity index (χ0n) is 11.6. The van der Waals surface area contributed by atoms with Gasteiger partial charge in [0.15, 0.2) is 5.43 Å². The van der Waals surface area contributed by atoms with Crippen molar-refractivity contribution in [3.05, 3.63) is 52.7 Å². The lowest BCUT2D eigenvalue weighted by Crippen LogP contribution is -2.16. The third-order valence-corrected chi connectivity index (χ3v) is 4.38. The SMILES string of the molecule is O=C(O)Cn1c2ccccc2c(=O)c2cc(S(=O)(=O)O)ccc21. The second kappa shape index (κ2) is 5.18. The molecule has 0 unspecified atom stereocenters. The highest BCUT2D eigenvalue weighted by Crippen LogP contribution is 2.22. The topological polar surface area (TPSA) is 114 Å². The Morgan fingerprint density at radius 3 is 2.35 bits per heavy atom. The maximum Gasteiger partial charge on any atom is 0.323 e. The van der Waals surface area contributed by atoms with E-state index in [9.17, 15) is 18.0 Å². The van der Waals surface area contributed by atoms with Gasteiger partial charge in [-0.25, -0.2) is 0 Å². The highest BCUT2D eigenvalue weighted by atomic mass is 32.2. The Bertz CT molecular complexity index is 1110. The summed E-state index contributed by atoms with van der Waals surface area (Å²) in [6, 6.07) is 9.97. The molecule has 2 N–H and O–H groups in total. The van der Waals surface area contributed by atoms with Gasteiger partial charge in [0, 0.05) is 10.8 Å². The number of carbonyl (C=O) groups is 1. The van der Waals surface area contributed by atoms with Crippen LogP contribution in [0.3, 0.4) is 0 Å². The Labute approximate surface area is 130 Å². The van der Waals surface area contributed by atoms with Gasteiger partial charge in [0.1, 0.15) is 6.54 Å². The lowest BCUT2D eigenvalue weighted by molar-refractivity contribution is -0.137. The Morgan fingerprint density at radius 1 is 1.04 bits per heavy atom. The van der Waals surface area contributed by atoms with Crippen molar-refractivity contribution in [1.82, 2.24) is 4.57 Å². The quantitative estimate of drug-likeness (QED) is 0.554. The summed E-state index contributed by atoms with van der Waals surface area (Å²) in [6.45, 7) is -0.386. The number of nitrogens with zero attached hydrogens (tertiary/aromatic N) is 1. The van der Waals surface area contributed by atoms with Crippen LogP contribution in [0.2, 0.25) is 0 Å². The molecule has 0 bridgehead atoms. The van der Waals surface area contributed by atoms with Gasteiger partial charge in [-0.05, 0) is 30.3 Å². The predicted molar refractivity (Wildman–Crippen MR) is 83.2 cm³/mol. The second-order valence-corrected chi connectivity index (χ2v) is 6.40. The summed E-state index contributed by atoms with van der Waals surface area (Å²) < 4.78 is 33.1. The van der Waals surface area contributed by atoms with Gasteiger partial charge in [0.05, 0.1) is 15.9 Å². The van der Waals surface area contributed by atoms with Crippen molar-refractivity contribution < 1.29 is 22.9 Å². The average Bonchev–Trinajstić information content (AvgIpc) is 2.50. The van der Waals surface area contributed by atoms with Crippen LogP contribution in [-0.2, 0) is 21.5 Å². The third kappa shape index (κ3) is 2.58. The standard InChI is InChI=1S/C15H11NO6S/c17-14(18)8-16-12-4-2-1-3-10(12)15(19)11-7-9(23(20,21)22)5-6-13(11)16/h1-7H,8H2,(H,17,18)(H,20,21,22). The smallest absolute Gasteiger partial charge is 0.323 e. The zero-order valence-corrected chi connectivity index (χ0v) is 12.4. The summed E-state index contributed by atoms with van der Waals surface area (Å²) in [6.07, 6.45) is 0. The molecular formula is C15H11NO6S. The number of rotatable bonds is 3. The minimum absolute atomic E-state index is 0.0278. The van der Waals surface area contributed by atoms with E-state index in [4.69, 9.17) is 9.66 Å². The molecule has 0 aliphatic rings. The fourth-order valence-corrected chi connectivity index (χ4v) is 3.08. The number of fused-ring (bicyclic) bond motifs is 2. The molecule has 0 atom stereocenters. The van der Waals surface area contributed by atoms with Crippen molar-refractivity contribution in [1.29, 1.82) is 0 Å². The summed E-state index contributed by atoms with van der Waals surface area (Å²) >= 11 is 0. The van der Waals surface area contributed by atoms with E-state index >= 15 is 0 Å². The fourth-order valence-electron chi connectivity index (χ4n) is 2.57. The Balaban J connectivity index is 2.53. The van der Waals surface area contributed by atoms with Crippen molar-refractivity contribution >= 4 is 37.9 Å². The average molecular weight is 333 g/mol. The van der Waals surface area contributed by atoms with Crippen LogP contribution in [-0.4, -0.2) is 28.6 Å². The fraction of sp³-hybridized carbons (Fsp3) is 0.0667. The molecule has 118 valence electrons. The molecule has 3 rings (SSSR count). The molecule has 0 aliphatic heterocycles. The van der Waals surface area contributed by atoms with Gasteiger partial charge in [-0.3, -0.25) is 14.1 Å². The molecule has 0 spiro atoms. The largest absolute Gasteiger partial charge is 0.480 e. The molecule has 0 amide bonds. The monoisotopic (exact) mass is 333 g/mol. The van der Waals surface area contributed by atoms with Gasteiger partial charge in [0.25, 0.3) is 10.1 Å². The molecule has 0 fully saturated rings. The van der Waals surface area contributed by atoms with Crippen LogP contribution in [0, 0.1) is 0 Å². The van der Waals surface area contributed by atoms with E-state index in [2.05, 4.69) is 0 Å². The van der Waals surface area contributed by atoms with Crippen molar-refractivity contribution in [3.63, 3.8) is 0 Å². The molecule has 0 radical (unpaired) electrons. The lowest BCUT2D eigenvalue weighted by atomic mass is 10.1. The van der Waals surface area contributed by atoms with Gasteiger partial charge >= 0.3 is 5.97 Å². The van der Waals surface area contributed by atoms with Crippen LogP contribution < -0.4 is 5.43 Å². The van der Waals surface area contributed by atoms with E-state index < -0.39 is 26.4 Å². The van der Waals surface area contributed by atoms with Gasteiger partial charge in [0.2, 0.25) is 0 Å².